The first-order chi connectivity index (χ1) is 64.0. The first kappa shape index (κ1) is 79.0. The SMILES string of the molecule is CC1(C)c2ccccc2-c2ccc3c(oc4ccc(-c5ccc(-n6c7ccccc7c7ccccc76)cc5)cc43)c2C1(C)C.CC1(C)c2ccccc2-c2ccc3c(oc4ccc(-n5c6ccccc6c6cc(-c7ccccc7)ccc65)cc43)c2C1(C)C.CC1(C)c2ccccc2-c2ccc3oc4ccc(-c5ccc(-n6c7ccccc7c7ccccc76)cc5)cc4c3c2C1(C)C. The molecule has 6 heterocycles. The van der Waals surface area contributed by atoms with Crippen molar-refractivity contribution in [1.82, 2.24) is 13.7 Å². The zero-order valence-electron chi connectivity index (χ0n) is 76.4. The minimum Gasteiger partial charge on any atom is -0.456 e. The second-order valence-corrected chi connectivity index (χ2v) is 40.2. The molecule has 0 unspecified atom stereocenters. The molecule has 132 heavy (non-hydrogen) atoms. The monoisotopic (exact) mass is 1700 g/mol. The van der Waals surface area contributed by atoms with E-state index in [-0.39, 0.29) is 32.5 Å². The summed E-state index contributed by atoms with van der Waals surface area (Å²) in [5.74, 6) is 0. The average Bonchev–Trinajstić information content (AvgIpc) is 1.61. The van der Waals surface area contributed by atoms with Gasteiger partial charge in [-0.25, -0.2) is 0 Å². The summed E-state index contributed by atoms with van der Waals surface area (Å²) in [4.78, 5) is 0. The maximum atomic E-state index is 6.80. The van der Waals surface area contributed by atoms with E-state index in [1.165, 1.54) is 192 Å². The van der Waals surface area contributed by atoms with Gasteiger partial charge in [-0.2, -0.15) is 0 Å². The zero-order chi connectivity index (χ0) is 89.4. The van der Waals surface area contributed by atoms with Crippen molar-refractivity contribution in [3.8, 4) is 83.8 Å². The Morgan fingerprint density at radius 3 is 0.917 bits per heavy atom. The molecule has 24 aromatic rings. The molecule has 3 aliphatic rings. The first-order valence-electron chi connectivity index (χ1n) is 46.6. The van der Waals surface area contributed by atoms with Crippen LogP contribution in [0, 0.1) is 0 Å². The van der Waals surface area contributed by atoms with Gasteiger partial charge in [0.1, 0.15) is 33.5 Å². The predicted molar refractivity (Wildman–Crippen MR) is 555 cm³/mol. The summed E-state index contributed by atoms with van der Waals surface area (Å²) in [5, 5.41) is 14.7. The van der Waals surface area contributed by atoms with Crippen LogP contribution in [0.25, 0.3) is 215 Å². The third-order valence-electron chi connectivity index (χ3n) is 32.2. The molecular formula is C126H99N3O3. The summed E-state index contributed by atoms with van der Waals surface area (Å²) in [5.41, 5.74) is 39.4. The van der Waals surface area contributed by atoms with Crippen LogP contribution < -0.4 is 0 Å². The van der Waals surface area contributed by atoms with Gasteiger partial charge in [0.15, 0.2) is 0 Å². The molecule has 0 saturated heterocycles. The van der Waals surface area contributed by atoms with E-state index in [4.69, 9.17) is 13.3 Å². The molecule has 18 aromatic carbocycles. The van der Waals surface area contributed by atoms with Gasteiger partial charge in [-0.3, -0.25) is 0 Å². The summed E-state index contributed by atoms with van der Waals surface area (Å²) in [7, 11) is 0. The van der Waals surface area contributed by atoms with Crippen molar-refractivity contribution in [3.63, 3.8) is 0 Å². The van der Waals surface area contributed by atoms with E-state index < -0.39 is 0 Å². The van der Waals surface area contributed by atoms with E-state index >= 15 is 0 Å². The molecule has 0 N–H and O–H groups in total. The predicted octanol–water partition coefficient (Wildman–Crippen LogP) is 34.8. The highest BCUT2D eigenvalue weighted by molar-refractivity contribution is 6.16. The Kier molecular flexibility index (Phi) is 17.1. The van der Waals surface area contributed by atoms with Crippen LogP contribution in [-0.2, 0) is 32.5 Å². The van der Waals surface area contributed by atoms with Crippen LogP contribution in [0.3, 0.4) is 0 Å². The van der Waals surface area contributed by atoms with E-state index in [1.807, 2.05) is 0 Å². The largest absolute Gasteiger partial charge is 0.456 e. The molecule has 0 spiro atoms. The molecule has 0 amide bonds. The normalized spacial score (nSPS) is 15.2. The molecule has 0 aliphatic heterocycles. The van der Waals surface area contributed by atoms with Crippen LogP contribution in [0.15, 0.2) is 395 Å². The Morgan fingerprint density at radius 2 is 0.470 bits per heavy atom. The summed E-state index contributed by atoms with van der Waals surface area (Å²) in [6.45, 7) is 28.6. The molecule has 6 nitrogen and oxygen atoms in total. The van der Waals surface area contributed by atoms with Gasteiger partial charge in [-0.1, -0.05) is 338 Å². The van der Waals surface area contributed by atoms with E-state index in [0.29, 0.717) is 0 Å². The third kappa shape index (κ3) is 11.3. The van der Waals surface area contributed by atoms with Crippen LogP contribution in [0.1, 0.15) is 116 Å². The van der Waals surface area contributed by atoms with Gasteiger partial charge >= 0.3 is 0 Å². The topological polar surface area (TPSA) is 54.2 Å². The Labute approximate surface area is 767 Å². The second-order valence-electron chi connectivity index (χ2n) is 40.2. The highest BCUT2D eigenvalue weighted by Gasteiger charge is 2.51. The lowest BCUT2D eigenvalue weighted by Crippen LogP contribution is -2.43. The smallest absolute Gasteiger partial charge is 0.139 e. The number of furan rings is 3. The van der Waals surface area contributed by atoms with Crippen molar-refractivity contribution < 1.29 is 13.3 Å². The average molecular weight is 1700 g/mol. The van der Waals surface area contributed by atoms with Gasteiger partial charge in [0, 0.05) is 109 Å². The van der Waals surface area contributed by atoms with Crippen molar-refractivity contribution >= 4 is 131 Å². The molecule has 0 saturated carbocycles. The van der Waals surface area contributed by atoms with E-state index in [1.54, 1.807) is 0 Å². The van der Waals surface area contributed by atoms with Crippen LogP contribution in [0.2, 0.25) is 0 Å². The second kappa shape index (κ2) is 28.6. The Morgan fingerprint density at radius 1 is 0.174 bits per heavy atom. The zero-order valence-corrected chi connectivity index (χ0v) is 76.4. The van der Waals surface area contributed by atoms with E-state index in [0.717, 1.165) is 55.9 Å². The molecule has 0 bridgehead atoms. The number of fused-ring (bicyclic) bond motifs is 30. The standard InChI is InChI=1S/3C42H33NO/c1-41(2)35-14-8-5-11-29(35)32-22-23-33-34-25-27(19-24-38(34)44-40(33)39(32)42(41,3)4)26-17-20-28(21-18-26)43-36-15-9-6-12-30(36)31-13-7-10-16-37(31)43;1-41(2)34-14-8-5-11-29(34)32-22-24-38-39(40(32)42(41,3)4)33-25-27(19-23-37(33)44-38)26-17-20-28(21-18-26)43-35-15-9-6-12-30(35)31-13-7-10-16-36(31)43;1-41(2)35-16-10-8-14-29(35)31-20-21-32-34-25-28(19-23-38(34)44-40(32)39(31)42(41,3)4)43-36-17-11-9-15-30(36)33-24-27(18-22-37(33)43)26-12-6-5-7-13-26/h3*5-25H,1-4H3. The molecule has 6 aromatic heterocycles. The fraction of sp³-hybridized carbons (Fsp3) is 0.143. The minimum absolute atomic E-state index is 0.0469. The van der Waals surface area contributed by atoms with Crippen LogP contribution in [0.5, 0.6) is 0 Å². The summed E-state index contributed by atoms with van der Waals surface area (Å²) < 4.78 is 27.2. The van der Waals surface area contributed by atoms with Crippen molar-refractivity contribution in [2.45, 2.75) is 116 Å². The van der Waals surface area contributed by atoms with Crippen molar-refractivity contribution in [1.29, 1.82) is 0 Å². The van der Waals surface area contributed by atoms with Gasteiger partial charge < -0.3 is 27.0 Å². The molecular weight excluding hydrogens is 1600 g/mol. The molecule has 27 rings (SSSR count). The van der Waals surface area contributed by atoms with Crippen molar-refractivity contribution in [2.75, 3.05) is 0 Å². The number of nitrogens with zero attached hydrogens (tertiary/aromatic N) is 3. The van der Waals surface area contributed by atoms with E-state index in [2.05, 4.69) is 479 Å². The highest BCUT2D eigenvalue weighted by atomic mass is 16.3. The van der Waals surface area contributed by atoms with Gasteiger partial charge in [0.25, 0.3) is 0 Å². The molecule has 0 atom stereocenters. The van der Waals surface area contributed by atoms with E-state index in [9.17, 15) is 0 Å². The lowest BCUT2D eigenvalue weighted by atomic mass is 9.55. The maximum absolute atomic E-state index is 6.80. The molecule has 3 aliphatic carbocycles. The lowest BCUT2D eigenvalue weighted by molar-refractivity contribution is 0.299. The molecule has 636 valence electrons. The molecule has 0 fully saturated rings. The Balaban J connectivity index is 0.000000106. The van der Waals surface area contributed by atoms with Gasteiger partial charge in [0.05, 0.1) is 33.1 Å². The van der Waals surface area contributed by atoms with Crippen LogP contribution in [-0.4, -0.2) is 13.7 Å². The lowest BCUT2D eigenvalue weighted by Gasteiger charge is -2.48. The summed E-state index contributed by atoms with van der Waals surface area (Å²) >= 11 is 0. The fourth-order valence-electron chi connectivity index (χ4n) is 23.4. The van der Waals surface area contributed by atoms with Gasteiger partial charge in [0.2, 0.25) is 0 Å². The maximum Gasteiger partial charge on any atom is 0.139 e. The van der Waals surface area contributed by atoms with Crippen molar-refractivity contribution in [3.05, 3.63) is 416 Å². The number of para-hydroxylation sites is 5. The van der Waals surface area contributed by atoms with Gasteiger partial charge in [-0.15, -0.1) is 0 Å². The van der Waals surface area contributed by atoms with Gasteiger partial charge in [-0.05, 0) is 233 Å². The number of aromatic nitrogens is 3. The Bertz CT molecular complexity index is 8830. The highest BCUT2D eigenvalue weighted by Crippen LogP contribution is 2.61. The first-order valence-corrected chi connectivity index (χ1v) is 46.6. The van der Waals surface area contributed by atoms with Crippen LogP contribution >= 0.6 is 0 Å². The molecule has 0 radical (unpaired) electrons. The van der Waals surface area contributed by atoms with Crippen LogP contribution in [0.4, 0.5) is 0 Å². The quantitative estimate of drug-likeness (QED) is 0.167. The number of hydrogen-bond acceptors (Lipinski definition) is 3. The number of benzene rings is 18. The fourth-order valence-corrected chi connectivity index (χ4v) is 23.4. The molecule has 6 heteroatoms. The Hall–Kier alpha value is -15.2. The third-order valence-corrected chi connectivity index (χ3v) is 32.2. The summed E-state index contributed by atoms with van der Waals surface area (Å²) in [6, 6.07) is 139. The minimum atomic E-state index is -0.129. The number of rotatable bonds is 6. The summed E-state index contributed by atoms with van der Waals surface area (Å²) in [6.07, 6.45) is 0. The number of hydrogen-bond donors (Lipinski definition) is 0. The van der Waals surface area contributed by atoms with Crippen molar-refractivity contribution in [2.24, 2.45) is 0 Å².